The maximum absolute atomic E-state index is 12.3. The lowest BCUT2D eigenvalue weighted by molar-refractivity contribution is -0.123. The third-order valence-corrected chi connectivity index (χ3v) is 5.79. The number of aliphatic imine (C=N–C) groups is 1. The minimum atomic E-state index is -0.267. The van der Waals surface area contributed by atoms with Crippen LogP contribution in [0.25, 0.3) is 6.08 Å². The van der Waals surface area contributed by atoms with E-state index >= 15 is 0 Å². The molecule has 2 amide bonds. The van der Waals surface area contributed by atoms with E-state index in [1.165, 1.54) is 22.2 Å². The van der Waals surface area contributed by atoms with E-state index in [1.54, 1.807) is 12.1 Å². The van der Waals surface area contributed by atoms with Crippen LogP contribution < -0.4 is 0 Å². The molecule has 2 aliphatic rings. The standard InChI is InChI=1S/C19H16N2O3S2/c1-11(2)21-18(22)15(25-19(21)23)10-13-7-8-17(24-13)26-16-9-12-5-3-4-6-14(12)20-16/h3-8,10-11H,9H2,1-2H3/b15-10-. The van der Waals surface area contributed by atoms with Crippen molar-refractivity contribution in [2.24, 2.45) is 4.99 Å². The van der Waals surface area contributed by atoms with E-state index in [-0.39, 0.29) is 17.2 Å². The number of carbonyl (C=O) groups is 2. The van der Waals surface area contributed by atoms with Gasteiger partial charge in [-0.05, 0) is 61.1 Å². The van der Waals surface area contributed by atoms with Crippen LogP contribution in [0, 0.1) is 0 Å². The van der Waals surface area contributed by atoms with Gasteiger partial charge in [0, 0.05) is 18.5 Å². The van der Waals surface area contributed by atoms with Crippen LogP contribution in [0.4, 0.5) is 10.5 Å². The smallest absolute Gasteiger partial charge is 0.293 e. The van der Waals surface area contributed by atoms with E-state index in [4.69, 9.17) is 4.42 Å². The predicted octanol–water partition coefficient (Wildman–Crippen LogP) is 5.10. The highest BCUT2D eigenvalue weighted by molar-refractivity contribution is 8.18. The highest BCUT2D eigenvalue weighted by atomic mass is 32.2. The first kappa shape index (κ1) is 17.2. The number of fused-ring (bicyclic) bond motifs is 1. The second-order valence-electron chi connectivity index (χ2n) is 6.22. The van der Waals surface area contributed by atoms with Crippen molar-refractivity contribution in [3.05, 3.63) is 52.6 Å². The van der Waals surface area contributed by atoms with Crippen molar-refractivity contribution < 1.29 is 14.0 Å². The summed E-state index contributed by atoms with van der Waals surface area (Å²) in [7, 11) is 0. The summed E-state index contributed by atoms with van der Waals surface area (Å²) in [5, 5.41) is 1.45. The molecule has 0 aliphatic carbocycles. The van der Waals surface area contributed by atoms with Crippen LogP contribution in [-0.2, 0) is 11.2 Å². The summed E-state index contributed by atoms with van der Waals surface area (Å²) in [5.41, 5.74) is 2.22. The molecule has 3 heterocycles. The van der Waals surface area contributed by atoms with Crippen molar-refractivity contribution in [2.75, 3.05) is 0 Å². The fourth-order valence-electron chi connectivity index (χ4n) is 2.80. The van der Waals surface area contributed by atoms with E-state index in [0.717, 1.165) is 28.9 Å². The Morgan fingerprint density at radius 3 is 2.77 bits per heavy atom. The third kappa shape index (κ3) is 3.24. The average Bonchev–Trinajstić information content (AvgIpc) is 3.26. The van der Waals surface area contributed by atoms with Crippen molar-refractivity contribution >= 4 is 51.5 Å². The quantitative estimate of drug-likeness (QED) is 0.689. The van der Waals surface area contributed by atoms with Gasteiger partial charge in [0.15, 0.2) is 5.09 Å². The lowest BCUT2D eigenvalue weighted by Gasteiger charge is -2.16. The maximum Gasteiger partial charge on any atom is 0.293 e. The van der Waals surface area contributed by atoms with Gasteiger partial charge in [0.2, 0.25) is 0 Å². The van der Waals surface area contributed by atoms with Gasteiger partial charge >= 0.3 is 0 Å². The molecule has 5 nitrogen and oxygen atoms in total. The Hall–Kier alpha value is -2.25. The van der Waals surface area contributed by atoms with E-state index in [2.05, 4.69) is 11.1 Å². The van der Waals surface area contributed by atoms with Crippen LogP contribution in [0.5, 0.6) is 0 Å². The van der Waals surface area contributed by atoms with Gasteiger partial charge in [-0.2, -0.15) is 0 Å². The SMILES string of the molecule is CC(C)N1C(=O)S/C(=C\c2ccc(SC3=Nc4ccccc4C3)o2)C1=O. The zero-order chi connectivity index (χ0) is 18.3. The Morgan fingerprint density at radius 1 is 1.23 bits per heavy atom. The molecule has 2 aromatic rings. The molecule has 132 valence electrons. The molecule has 1 aromatic carbocycles. The first-order valence-electron chi connectivity index (χ1n) is 8.21. The van der Waals surface area contributed by atoms with Crippen molar-refractivity contribution in [2.45, 2.75) is 31.4 Å². The van der Waals surface area contributed by atoms with Gasteiger partial charge in [-0.3, -0.25) is 14.5 Å². The monoisotopic (exact) mass is 384 g/mol. The first-order valence-corrected chi connectivity index (χ1v) is 9.85. The zero-order valence-electron chi connectivity index (χ0n) is 14.3. The molecule has 1 aromatic heterocycles. The van der Waals surface area contributed by atoms with Gasteiger partial charge in [-0.1, -0.05) is 18.2 Å². The molecule has 0 spiro atoms. The number of furan rings is 1. The van der Waals surface area contributed by atoms with Gasteiger partial charge in [0.1, 0.15) is 5.76 Å². The molecule has 0 atom stereocenters. The van der Waals surface area contributed by atoms with Crippen molar-refractivity contribution in [3.63, 3.8) is 0 Å². The predicted molar refractivity (Wildman–Crippen MR) is 105 cm³/mol. The summed E-state index contributed by atoms with van der Waals surface area (Å²) in [6, 6.07) is 11.6. The molecule has 2 aliphatic heterocycles. The zero-order valence-corrected chi connectivity index (χ0v) is 15.9. The Bertz CT molecular complexity index is 959. The molecule has 26 heavy (non-hydrogen) atoms. The summed E-state index contributed by atoms with van der Waals surface area (Å²) in [4.78, 5) is 30.5. The fourth-order valence-corrected chi connectivity index (χ4v) is 4.62. The number of carbonyl (C=O) groups excluding carboxylic acids is 2. The summed E-state index contributed by atoms with van der Waals surface area (Å²) in [6.07, 6.45) is 2.42. The number of hydrogen-bond donors (Lipinski definition) is 0. The first-order chi connectivity index (χ1) is 12.5. The maximum atomic E-state index is 12.3. The average molecular weight is 384 g/mol. The molecule has 0 unspecified atom stereocenters. The number of amides is 2. The lowest BCUT2D eigenvalue weighted by Crippen LogP contribution is -2.34. The lowest BCUT2D eigenvalue weighted by atomic mass is 10.2. The molecule has 0 saturated carbocycles. The van der Waals surface area contributed by atoms with Crippen molar-refractivity contribution in [1.29, 1.82) is 0 Å². The number of hydrogen-bond acceptors (Lipinski definition) is 6. The molecular weight excluding hydrogens is 368 g/mol. The second kappa shape index (κ2) is 6.81. The van der Waals surface area contributed by atoms with E-state index in [0.29, 0.717) is 15.8 Å². The number of imide groups is 1. The molecule has 1 saturated heterocycles. The summed E-state index contributed by atoms with van der Waals surface area (Å²) in [6.45, 7) is 3.64. The van der Waals surface area contributed by atoms with Gasteiger partial charge in [0.05, 0.1) is 15.6 Å². The highest BCUT2D eigenvalue weighted by Gasteiger charge is 2.36. The van der Waals surface area contributed by atoms with Gasteiger partial charge in [-0.25, -0.2) is 4.99 Å². The van der Waals surface area contributed by atoms with Gasteiger partial charge in [0.25, 0.3) is 11.1 Å². The van der Waals surface area contributed by atoms with Gasteiger partial charge in [-0.15, -0.1) is 0 Å². The molecule has 0 radical (unpaired) electrons. The minimum absolute atomic E-state index is 0.155. The number of para-hydroxylation sites is 1. The molecule has 7 heteroatoms. The van der Waals surface area contributed by atoms with E-state index in [9.17, 15) is 9.59 Å². The van der Waals surface area contributed by atoms with Crippen LogP contribution in [0.15, 0.2) is 55.8 Å². The Balaban J connectivity index is 1.48. The van der Waals surface area contributed by atoms with Crippen LogP contribution in [0.2, 0.25) is 0 Å². The largest absolute Gasteiger partial charge is 0.450 e. The minimum Gasteiger partial charge on any atom is -0.450 e. The van der Waals surface area contributed by atoms with E-state index in [1.807, 2.05) is 38.1 Å². The Labute approximate surface area is 159 Å². The number of nitrogens with zero attached hydrogens (tertiary/aromatic N) is 2. The molecular formula is C19H16N2O3S2. The summed E-state index contributed by atoms with van der Waals surface area (Å²) >= 11 is 2.43. The van der Waals surface area contributed by atoms with Crippen molar-refractivity contribution in [3.8, 4) is 0 Å². The molecule has 1 fully saturated rings. The van der Waals surface area contributed by atoms with Crippen molar-refractivity contribution in [1.82, 2.24) is 4.90 Å². The van der Waals surface area contributed by atoms with Crippen LogP contribution >= 0.6 is 23.5 Å². The third-order valence-electron chi connectivity index (χ3n) is 4.01. The normalized spacial score (nSPS) is 18.2. The van der Waals surface area contributed by atoms with Gasteiger partial charge < -0.3 is 4.42 Å². The number of rotatable bonds is 3. The Kier molecular flexibility index (Phi) is 4.50. The fraction of sp³-hybridized carbons (Fsp3) is 0.211. The Morgan fingerprint density at radius 2 is 2.04 bits per heavy atom. The van der Waals surface area contributed by atoms with Crippen LogP contribution in [0.3, 0.4) is 0 Å². The topological polar surface area (TPSA) is 62.9 Å². The molecule has 4 rings (SSSR count). The summed E-state index contributed by atoms with van der Waals surface area (Å²) in [5.74, 6) is 0.286. The number of thioether (sulfide) groups is 2. The van der Waals surface area contributed by atoms with E-state index < -0.39 is 0 Å². The van der Waals surface area contributed by atoms with Crippen LogP contribution in [-0.4, -0.2) is 27.1 Å². The summed E-state index contributed by atoms with van der Waals surface area (Å²) < 4.78 is 5.80. The molecule has 0 bridgehead atoms. The highest BCUT2D eigenvalue weighted by Crippen LogP contribution is 2.36. The number of benzene rings is 1. The molecule has 0 N–H and O–H groups in total. The second-order valence-corrected chi connectivity index (χ2v) is 8.29. The van der Waals surface area contributed by atoms with Crippen LogP contribution in [0.1, 0.15) is 25.2 Å².